The lowest BCUT2D eigenvalue weighted by molar-refractivity contribution is -0.385. The highest BCUT2D eigenvalue weighted by Crippen LogP contribution is 2.26. The molecule has 3 rings (SSSR count). The molecule has 1 aliphatic rings. The summed E-state index contributed by atoms with van der Waals surface area (Å²) in [5, 5.41) is 16.0. The van der Waals surface area contributed by atoms with Crippen LogP contribution in [0.15, 0.2) is 36.4 Å². The average molecular weight is 428 g/mol. The van der Waals surface area contributed by atoms with Gasteiger partial charge in [0.15, 0.2) is 0 Å². The number of nitro groups is 1. The van der Waals surface area contributed by atoms with Crippen molar-refractivity contribution in [3.05, 3.63) is 63.5 Å². The molecule has 0 saturated carbocycles. The molecular formula is C21H21FN4O5. The smallest absolute Gasteiger partial charge is 0.272 e. The number of benzene rings is 2. The highest BCUT2D eigenvalue weighted by molar-refractivity contribution is 6.02. The Balaban J connectivity index is 1.76. The molecule has 1 aliphatic heterocycles. The standard InChI is InChI=1S/C21H21FN4O5/c1-12-10-14(5-8-18(12)26(30)31)21(29)25-9-3-4-19(25)20(28)24-15-6-7-16(22)17(11-15)23-13(2)27/h5-8,10-11,19H,3-4,9H2,1-2H3,(H,23,27)(H,24,28). The maximum atomic E-state index is 13.8. The third-order valence-electron chi connectivity index (χ3n) is 5.00. The van der Waals surface area contributed by atoms with Crippen LogP contribution >= 0.6 is 0 Å². The predicted octanol–water partition coefficient (Wildman–Crippen LogP) is 3.24. The Kier molecular flexibility index (Phi) is 6.28. The molecule has 2 aromatic carbocycles. The fraction of sp³-hybridized carbons (Fsp3) is 0.286. The highest BCUT2D eigenvalue weighted by Gasteiger charge is 2.35. The van der Waals surface area contributed by atoms with Gasteiger partial charge in [-0.05, 0) is 50.1 Å². The normalized spacial score (nSPS) is 15.5. The van der Waals surface area contributed by atoms with E-state index in [1.165, 1.54) is 42.2 Å². The second kappa shape index (κ2) is 8.90. The van der Waals surface area contributed by atoms with E-state index in [1.54, 1.807) is 6.92 Å². The number of anilines is 2. The van der Waals surface area contributed by atoms with Crippen molar-refractivity contribution < 1.29 is 23.7 Å². The second-order valence-corrected chi connectivity index (χ2v) is 7.28. The van der Waals surface area contributed by atoms with Gasteiger partial charge in [0.1, 0.15) is 11.9 Å². The van der Waals surface area contributed by atoms with Gasteiger partial charge < -0.3 is 15.5 Å². The summed E-state index contributed by atoms with van der Waals surface area (Å²) < 4.78 is 13.8. The van der Waals surface area contributed by atoms with Crippen LogP contribution in [0.1, 0.15) is 35.7 Å². The van der Waals surface area contributed by atoms with Gasteiger partial charge in [-0.25, -0.2) is 4.39 Å². The summed E-state index contributed by atoms with van der Waals surface area (Å²) in [5.41, 5.74) is 0.746. The van der Waals surface area contributed by atoms with Gasteiger partial charge in [-0.1, -0.05) is 0 Å². The largest absolute Gasteiger partial charge is 0.327 e. The van der Waals surface area contributed by atoms with Crippen molar-refractivity contribution in [2.24, 2.45) is 0 Å². The Labute approximate surface area is 177 Å². The maximum absolute atomic E-state index is 13.8. The quantitative estimate of drug-likeness (QED) is 0.559. The summed E-state index contributed by atoms with van der Waals surface area (Å²) in [6, 6.07) is 7.13. The van der Waals surface area contributed by atoms with Gasteiger partial charge in [0.05, 0.1) is 10.6 Å². The summed E-state index contributed by atoms with van der Waals surface area (Å²) in [7, 11) is 0. The monoisotopic (exact) mass is 428 g/mol. The summed E-state index contributed by atoms with van der Waals surface area (Å²) in [4.78, 5) is 48.9. The molecule has 1 heterocycles. The van der Waals surface area contributed by atoms with E-state index in [2.05, 4.69) is 10.6 Å². The minimum atomic E-state index is -0.739. The molecule has 31 heavy (non-hydrogen) atoms. The van der Waals surface area contributed by atoms with Crippen molar-refractivity contribution in [1.82, 2.24) is 4.90 Å². The number of halogens is 1. The Hall–Kier alpha value is -3.82. The van der Waals surface area contributed by atoms with E-state index in [0.717, 1.165) is 6.07 Å². The molecular weight excluding hydrogens is 407 g/mol. The Morgan fingerprint density at radius 2 is 1.90 bits per heavy atom. The molecule has 1 atom stereocenters. The van der Waals surface area contributed by atoms with Crippen LogP contribution in [0.5, 0.6) is 0 Å². The van der Waals surface area contributed by atoms with Crippen LogP contribution in [0.3, 0.4) is 0 Å². The lowest BCUT2D eigenvalue weighted by Gasteiger charge is -2.24. The first-order chi connectivity index (χ1) is 14.7. The number of carbonyl (C=O) groups excluding carboxylic acids is 3. The number of amides is 3. The Morgan fingerprint density at radius 1 is 1.16 bits per heavy atom. The molecule has 0 bridgehead atoms. The molecule has 2 aromatic rings. The van der Waals surface area contributed by atoms with E-state index in [0.29, 0.717) is 24.9 Å². The van der Waals surface area contributed by atoms with Gasteiger partial charge in [0, 0.05) is 36.3 Å². The summed E-state index contributed by atoms with van der Waals surface area (Å²) >= 11 is 0. The lowest BCUT2D eigenvalue weighted by atomic mass is 10.1. The van der Waals surface area contributed by atoms with Crippen molar-refractivity contribution >= 4 is 34.8 Å². The SMILES string of the molecule is CC(=O)Nc1cc(NC(=O)C2CCCN2C(=O)c2ccc([N+](=O)[O-])c(C)c2)ccc1F. The van der Waals surface area contributed by atoms with Gasteiger partial charge in [0.25, 0.3) is 11.6 Å². The Bertz CT molecular complexity index is 1070. The van der Waals surface area contributed by atoms with Crippen LogP contribution in [0.4, 0.5) is 21.5 Å². The number of rotatable bonds is 5. The van der Waals surface area contributed by atoms with Crippen LogP contribution in [-0.4, -0.2) is 40.1 Å². The number of hydrogen-bond acceptors (Lipinski definition) is 5. The summed E-state index contributed by atoms with van der Waals surface area (Å²) in [6.45, 7) is 3.16. The zero-order valence-electron chi connectivity index (χ0n) is 17.0. The minimum absolute atomic E-state index is 0.0639. The third-order valence-corrected chi connectivity index (χ3v) is 5.00. The first-order valence-corrected chi connectivity index (χ1v) is 9.61. The second-order valence-electron chi connectivity index (χ2n) is 7.28. The van der Waals surface area contributed by atoms with E-state index in [4.69, 9.17) is 0 Å². The molecule has 162 valence electrons. The zero-order valence-corrected chi connectivity index (χ0v) is 17.0. The number of nitro benzene ring substituents is 1. The van der Waals surface area contributed by atoms with Crippen molar-refractivity contribution in [2.75, 3.05) is 17.2 Å². The number of likely N-dealkylation sites (tertiary alicyclic amines) is 1. The fourth-order valence-corrected chi connectivity index (χ4v) is 3.56. The topological polar surface area (TPSA) is 122 Å². The van der Waals surface area contributed by atoms with Crippen LogP contribution in [0, 0.1) is 22.9 Å². The van der Waals surface area contributed by atoms with Crippen LogP contribution < -0.4 is 10.6 Å². The predicted molar refractivity (Wildman–Crippen MR) is 111 cm³/mol. The van der Waals surface area contributed by atoms with Gasteiger partial charge in [-0.15, -0.1) is 0 Å². The lowest BCUT2D eigenvalue weighted by Crippen LogP contribution is -2.43. The first-order valence-electron chi connectivity index (χ1n) is 9.61. The van der Waals surface area contributed by atoms with Crippen molar-refractivity contribution in [1.29, 1.82) is 0 Å². The van der Waals surface area contributed by atoms with Gasteiger partial charge >= 0.3 is 0 Å². The molecule has 9 nitrogen and oxygen atoms in total. The molecule has 1 unspecified atom stereocenters. The molecule has 0 spiro atoms. The van der Waals surface area contributed by atoms with E-state index >= 15 is 0 Å². The maximum Gasteiger partial charge on any atom is 0.272 e. The minimum Gasteiger partial charge on any atom is -0.327 e. The number of hydrogen-bond donors (Lipinski definition) is 2. The van der Waals surface area contributed by atoms with Crippen molar-refractivity contribution in [3.63, 3.8) is 0 Å². The average Bonchev–Trinajstić information content (AvgIpc) is 3.19. The molecule has 1 saturated heterocycles. The number of carbonyl (C=O) groups is 3. The molecule has 1 fully saturated rings. The van der Waals surface area contributed by atoms with Crippen LogP contribution in [0.25, 0.3) is 0 Å². The summed E-state index contributed by atoms with van der Waals surface area (Å²) in [6.07, 6.45) is 1.07. The van der Waals surface area contributed by atoms with E-state index < -0.39 is 34.5 Å². The van der Waals surface area contributed by atoms with Crippen molar-refractivity contribution in [2.45, 2.75) is 32.7 Å². The summed E-state index contributed by atoms with van der Waals surface area (Å²) in [5.74, 6) is -1.92. The number of nitrogens with zero attached hydrogens (tertiary/aromatic N) is 2. The highest BCUT2D eigenvalue weighted by atomic mass is 19.1. The fourth-order valence-electron chi connectivity index (χ4n) is 3.56. The molecule has 0 aliphatic carbocycles. The van der Waals surface area contributed by atoms with E-state index in [9.17, 15) is 28.9 Å². The molecule has 0 radical (unpaired) electrons. The number of nitrogens with one attached hydrogen (secondary N) is 2. The third kappa shape index (κ3) is 4.85. The van der Waals surface area contributed by atoms with Gasteiger partial charge in [-0.3, -0.25) is 24.5 Å². The van der Waals surface area contributed by atoms with Crippen LogP contribution in [-0.2, 0) is 9.59 Å². The first kappa shape index (κ1) is 21.9. The van der Waals surface area contributed by atoms with Gasteiger partial charge in [-0.2, -0.15) is 0 Å². The Morgan fingerprint density at radius 3 is 2.55 bits per heavy atom. The zero-order chi connectivity index (χ0) is 22.7. The molecule has 0 aromatic heterocycles. The molecule has 10 heteroatoms. The van der Waals surface area contributed by atoms with Crippen molar-refractivity contribution in [3.8, 4) is 0 Å². The van der Waals surface area contributed by atoms with E-state index in [1.807, 2.05) is 0 Å². The van der Waals surface area contributed by atoms with Gasteiger partial charge in [0.2, 0.25) is 11.8 Å². The molecule has 2 N–H and O–H groups in total. The van der Waals surface area contributed by atoms with Crippen LogP contribution in [0.2, 0.25) is 0 Å². The van der Waals surface area contributed by atoms with E-state index in [-0.39, 0.29) is 22.6 Å². The number of aryl methyl sites for hydroxylation is 1. The molecule has 3 amide bonds.